The smallest absolute Gasteiger partial charge is 0.203 e. The largest absolute Gasteiger partial charge is 0.493 e. The molecule has 0 amide bonds. The van der Waals surface area contributed by atoms with Crippen molar-refractivity contribution in [2.24, 2.45) is 0 Å². The van der Waals surface area contributed by atoms with Crippen LogP contribution in [-0.2, 0) is 14.6 Å². The molecule has 1 aliphatic heterocycles. The van der Waals surface area contributed by atoms with Gasteiger partial charge in [-0.05, 0) is 78.9 Å². The molecule has 1 heterocycles. The predicted octanol–water partition coefficient (Wildman–Crippen LogP) is 6.25. The monoisotopic (exact) mass is 617 g/mol. The Labute approximate surface area is 252 Å². The fourth-order valence-electron chi connectivity index (χ4n) is 4.97. The molecular weight excluding hydrogens is 578 g/mol. The zero-order valence-electron chi connectivity index (χ0n) is 24.7. The van der Waals surface area contributed by atoms with Crippen LogP contribution in [0, 0.1) is 0 Å². The van der Waals surface area contributed by atoms with Crippen molar-refractivity contribution in [1.29, 1.82) is 0 Å². The maximum atomic E-state index is 13.4. The Morgan fingerprint density at radius 2 is 1.38 bits per heavy atom. The molecule has 1 saturated heterocycles. The highest BCUT2D eigenvalue weighted by Crippen LogP contribution is 2.48. The summed E-state index contributed by atoms with van der Waals surface area (Å²) < 4.78 is 61.6. The van der Waals surface area contributed by atoms with Gasteiger partial charge in [0.25, 0.3) is 0 Å². The topological polar surface area (TPSA) is 116 Å². The number of ether oxygens (including phenoxy) is 6. The molecule has 1 aliphatic rings. The molecule has 0 bridgehead atoms. The molecule has 0 aliphatic carbocycles. The summed E-state index contributed by atoms with van der Waals surface area (Å²) in [5.41, 5.74) is 8.08. The Kier molecular flexibility index (Phi) is 10.7. The summed E-state index contributed by atoms with van der Waals surface area (Å²) in [5, 5.41) is 0. The molecule has 0 spiro atoms. The summed E-state index contributed by atoms with van der Waals surface area (Å²) in [4.78, 5) is 1.17. The second-order valence-corrected chi connectivity index (χ2v) is 13.0. The predicted molar refractivity (Wildman–Crippen MR) is 164 cm³/mol. The minimum atomic E-state index is -3.64. The van der Waals surface area contributed by atoms with Gasteiger partial charge < -0.3 is 34.2 Å². The lowest BCUT2D eigenvalue weighted by molar-refractivity contribution is 0.0435. The maximum absolute atomic E-state index is 13.4. The van der Waals surface area contributed by atoms with Gasteiger partial charge in [0.2, 0.25) is 5.75 Å². The van der Waals surface area contributed by atoms with E-state index in [0.29, 0.717) is 53.9 Å². The van der Waals surface area contributed by atoms with Crippen LogP contribution in [0.25, 0.3) is 0 Å². The second-order valence-electron chi connectivity index (χ2n) is 9.78. The highest BCUT2D eigenvalue weighted by molar-refractivity contribution is 7.99. The minimum Gasteiger partial charge on any atom is -0.493 e. The van der Waals surface area contributed by atoms with Gasteiger partial charge in [0.15, 0.2) is 32.8 Å². The molecule has 1 fully saturated rings. The quantitative estimate of drug-likeness (QED) is 0.126. The maximum Gasteiger partial charge on any atom is 0.203 e. The number of hydrogen-bond acceptors (Lipinski definition) is 10. The van der Waals surface area contributed by atoms with E-state index >= 15 is 0 Å². The van der Waals surface area contributed by atoms with Gasteiger partial charge in [-0.2, -0.15) is 0 Å². The first-order valence-electron chi connectivity index (χ1n) is 13.8. The SMILES string of the molecule is CCCS(=O)(=O)c1cc([C@@H]2CC[C@@H](c3cc(OC)c(OC)c(OC)c3)O2)cc(OC)c1OCCSc1ccc(N)cc1. The Morgan fingerprint density at radius 3 is 1.90 bits per heavy atom. The van der Waals surface area contributed by atoms with Crippen LogP contribution in [-0.4, -0.2) is 55.0 Å². The van der Waals surface area contributed by atoms with Crippen LogP contribution in [0.1, 0.15) is 49.5 Å². The Balaban J connectivity index is 1.59. The highest BCUT2D eigenvalue weighted by Gasteiger charge is 2.32. The van der Waals surface area contributed by atoms with E-state index in [2.05, 4.69) is 0 Å². The molecule has 0 radical (unpaired) electrons. The van der Waals surface area contributed by atoms with E-state index in [1.807, 2.05) is 49.4 Å². The van der Waals surface area contributed by atoms with Crippen LogP contribution >= 0.6 is 11.8 Å². The van der Waals surface area contributed by atoms with Gasteiger partial charge in [-0.3, -0.25) is 0 Å². The summed E-state index contributed by atoms with van der Waals surface area (Å²) in [7, 11) is 2.58. The number of thioether (sulfide) groups is 1. The van der Waals surface area contributed by atoms with Gasteiger partial charge in [-0.25, -0.2) is 8.42 Å². The molecule has 0 aromatic heterocycles. The van der Waals surface area contributed by atoms with Crippen molar-refractivity contribution in [2.75, 3.05) is 52.3 Å². The molecule has 11 heteroatoms. The van der Waals surface area contributed by atoms with Crippen molar-refractivity contribution in [3.8, 4) is 28.7 Å². The number of methoxy groups -OCH3 is 4. The third kappa shape index (κ3) is 7.19. The van der Waals surface area contributed by atoms with Crippen LogP contribution in [0.5, 0.6) is 28.7 Å². The van der Waals surface area contributed by atoms with Crippen LogP contribution in [0.4, 0.5) is 5.69 Å². The van der Waals surface area contributed by atoms with Gasteiger partial charge in [0, 0.05) is 16.3 Å². The van der Waals surface area contributed by atoms with Crippen molar-refractivity contribution < 1.29 is 36.8 Å². The number of nitrogen functional groups attached to an aromatic ring is 1. The van der Waals surface area contributed by atoms with Crippen molar-refractivity contribution in [3.63, 3.8) is 0 Å². The summed E-state index contributed by atoms with van der Waals surface area (Å²) in [6, 6.07) is 14.8. The van der Waals surface area contributed by atoms with Gasteiger partial charge in [0.1, 0.15) is 4.90 Å². The van der Waals surface area contributed by atoms with E-state index in [1.165, 1.54) is 7.11 Å². The van der Waals surface area contributed by atoms with E-state index in [1.54, 1.807) is 39.2 Å². The second kappa shape index (κ2) is 14.3. The van der Waals surface area contributed by atoms with E-state index in [4.69, 9.17) is 34.2 Å². The van der Waals surface area contributed by atoms with Gasteiger partial charge in [-0.15, -0.1) is 11.8 Å². The molecular formula is C31H39NO8S2. The van der Waals surface area contributed by atoms with Crippen LogP contribution in [0.15, 0.2) is 58.3 Å². The Bertz CT molecular complexity index is 1440. The first-order valence-corrected chi connectivity index (χ1v) is 16.4. The number of anilines is 1. The zero-order chi connectivity index (χ0) is 30.3. The van der Waals surface area contributed by atoms with Crippen LogP contribution in [0.3, 0.4) is 0 Å². The average Bonchev–Trinajstić information content (AvgIpc) is 3.49. The molecule has 3 aromatic carbocycles. The number of benzene rings is 3. The van der Waals surface area contributed by atoms with Crippen molar-refractivity contribution >= 4 is 27.3 Å². The molecule has 0 saturated carbocycles. The normalized spacial score (nSPS) is 16.7. The third-order valence-corrected chi connectivity index (χ3v) is 9.90. The summed E-state index contributed by atoms with van der Waals surface area (Å²) >= 11 is 1.60. The molecule has 2 atom stereocenters. The highest BCUT2D eigenvalue weighted by atomic mass is 32.2. The minimum absolute atomic E-state index is 0.00422. The van der Waals surface area contributed by atoms with E-state index in [9.17, 15) is 8.42 Å². The molecule has 2 N–H and O–H groups in total. The van der Waals surface area contributed by atoms with E-state index < -0.39 is 9.84 Å². The first kappa shape index (κ1) is 31.7. The summed E-state index contributed by atoms with van der Waals surface area (Å²) in [5.74, 6) is 2.80. The molecule has 9 nitrogen and oxygen atoms in total. The fourth-order valence-corrected chi connectivity index (χ4v) is 7.21. The summed E-state index contributed by atoms with van der Waals surface area (Å²) in [6.45, 7) is 2.13. The standard InChI is InChI=1S/C31H39NO8S2/c1-6-15-42(33,34)29-19-21(18-28(37-4)31(29)39-13-14-41-23-9-7-22(32)8-10-23)25-12-11-24(40-25)20-16-26(35-2)30(38-5)27(17-20)36-3/h7-10,16-19,24-25H,6,11-15,32H2,1-5H3/t24-,25-/m0/s1. The third-order valence-electron chi connectivity index (χ3n) is 7.00. The van der Waals surface area contributed by atoms with E-state index in [0.717, 1.165) is 22.4 Å². The van der Waals surface area contributed by atoms with E-state index in [-0.39, 0.29) is 28.6 Å². The lowest BCUT2D eigenvalue weighted by Gasteiger charge is -2.21. The van der Waals surface area contributed by atoms with Gasteiger partial charge in [-0.1, -0.05) is 6.92 Å². The Morgan fingerprint density at radius 1 is 0.833 bits per heavy atom. The molecule has 228 valence electrons. The number of rotatable bonds is 14. The first-order chi connectivity index (χ1) is 20.2. The fraction of sp³-hybridized carbons (Fsp3) is 0.419. The van der Waals surface area contributed by atoms with Crippen LogP contribution in [0.2, 0.25) is 0 Å². The molecule has 0 unspecified atom stereocenters. The lowest BCUT2D eigenvalue weighted by Crippen LogP contribution is -2.12. The van der Waals surface area contributed by atoms with Gasteiger partial charge >= 0.3 is 0 Å². The van der Waals surface area contributed by atoms with Gasteiger partial charge in [0.05, 0.1) is 53.0 Å². The van der Waals surface area contributed by atoms with Crippen molar-refractivity contribution in [3.05, 3.63) is 59.7 Å². The molecule has 4 rings (SSSR count). The number of nitrogens with two attached hydrogens (primary N) is 1. The van der Waals surface area contributed by atoms with Crippen molar-refractivity contribution in [1.82, 2.24) is 0 Å². The number of hydrogen-bond donors (Lipinski definition) is 1. The van der Waals surface area contributed by atoms with Crippen molar-refractivity contribution in [2.45, 2.75) is 48.2 Å². The zero-order valence-corrected chi connectivity index (χ0v) is 26.3. The Hall–Kier alpha value is -3.28. The molecule has 42 heavy (non-hydrogen) atoms. The lowest BCUT2D eigenvalue weighted by atomic mass is 10.0. The molecule has 3 aromatic rings. The summed E-state index contributed by atoms with van der Waals surface area (Å²) in [6.07, 6.45) is 1.31. The average molecular weight is 618 g/mol. The number of sulfone groups is 1. The van der Waals surface area contributed by atoms with Crippen LogP contribution < -0.4 is 29.4 Å².